The number of piperidine rings is 1. The SMILES string of the molecule is CO[C@H]1CN(c2cccc(-c3cccc(C)c3OCc3ccc4c(c3)C(C)(C)CNCC4)n2)CC[C@H]1C(=O)OC(C)(C)C. The predicted molar refractivity (Wildman–Crippen MR) is 172 cm³/mol. The summed E-state index contributed by atoms with van der Waals surface area (Å²) in [6.07, 6.45) is 1.42. The van der Waals surface area contributed by atoms with E-state index >= 15 is 0 Å². The van der Waals surface area contributed by atoms with Gasteiger partial charge in [0.15, 0.2) is 0 Å². The summed E-state index contributed by atoms with van der Waals surface area (Å²) >= 11 is 0. The Hall–Kier alpha value is -3.42. The Labute approximate surface area is 256 Å². The number of aromatic nitrogens is 1. The highest BCUT2D eigenvalue weighted by Gasteiger charge is 2.37. The Bertz CT molecular complexity index is 1440. The number of esters is 1. The lowest BCUT2D eigenvalue weighted by Crippen LogP contribution is -2.49. The number of pyridine rings is 1. The number of carbonyl (C=O) groups excluding carboxylic acids is 1. The van der Waals surface area contributed by atoms with E-state index in [1.54, 1.807) is 7.11 Å². The predicted octanol–water partition coefficient (Wildman–Crippen LogP) is 6.24. The lowest BCUT2D eigenvalue weighted by molar-refractivity contribution is -0.165. The monoisotopic (exact) mass is 585 g/mol. The minimum absolute atomic E-state index is 0.0726. The number of fused-ring (bicyclic) bond motifs is 1. The van der Waals surface area contributed by atoms with E-state index in [1.165, 1.54) is 16.7 Å². The molecule has 7 nitrogen and oxygen atoms in total. The molecule has 1 fully saturated rings. The number of rotatable bonds is 7. The summed E-state index contributed by atoms with van der Waals surface area (Å²) in [6.45, 7) is 16.1. The van der Waals surface area contributed by atoms with Crippen molar-refractivity contribution in [2.45, 2.75) is 78.1 Å². The maximum atomic E-state index is 12.9. The van der Waals surface area contributed by atoms with Crippen LogP contribution in [0.15, 0.2) is 54.6 Å². The first-order valence-electron chi connectivity index (χ1n) is 15.5. The Morgan fingerprint density at radius 3 is 2.67 bits per heavy atom. The van der Waals surface area contributed by atoms with Gasteiger partial charge in [0, 0.05) is 37.7 Å². The molecule has 0 spiro atoms. The average molecular weight is 586 g/mol. The molecule has 0 aliphatic carbocycles. The van der Waals surface area contributed by atoms with Crippen molar-refractivity contribution in [1.82, 2.24) is 10.3 Å². The van der Waals surface area contributed by atoms with Gasteiger partial charge in [0.2, 0.25) is 0 Å². The molecule has 230 valence electrons. The van der Waals surface area contributed by atoms with Crippen LogP contribution in [-0.4, -0.2) is 55.9 Å². The highest BCUT2D eigenvalue weighted by molar-refractivity contribution is 5.74. The maximum absolute atomic E-state index is 12.9. The second-order valence-electron chi connectivity index (χ2n) is 13.6. The normalized spacial score (nSPS) is 20.2. The molecule has 0 saturated carbocycles. The van der Waals surface area contributed by atoms with Gasteiger partial charge in [0.25, 0.3) is 0 Å². The fraction of sp³-hybridized carbons (Fsp3) is 0.500. The van der Waals surface area contributed by atoms with Crippen LogP contribution in [0.5, 0.6) is 5.75 Å². The largest absolute Gasteiger partial charge is 0.488 e. The standard InChI is InChI=1S/C36H47N3O4/c1-24-10-8-11-27(33(24)42-22-25-14-15-26-16-18-37-23-36(5,6)29(26)20-25)30-12-9-13-32(38-30)39-19-17-28(31(21-39)41-7)34(40)43-35(2,3)4/h8-15,20,28,31,37H,16-19,21-23H2,1-7H3/t28-,31+/m1/s1. The first-order chi connectivity index (χ1) is 20.4. The molecule has 2 aliphatic rings. The summed E-state index contributed by atoms with van der Waals surface area (Å²) < 4.78 is 18.0. The molecular formula is C36H47N3O4. The number of methoxy groups -OCH3 is 1. The van der Waals surface area contributed by atoms with Crippen molar-refractivity contribution >= 4 is 11.8 Å². The summed E-state index contributed by atoms with van der Waals surface area (Å²) in [5.74, 6) is 1.21. The average Bonchev–Trinajstić information content (AvgIpc) is 3.12. The highest BCUT2D eigenvalue weighted by atomic mass is 16.6. The molecule has 0 amide bonds. The van der Waals surface area contributed by atoms with E-state index in [1.807, 2.05) is 39.0 Å². The molecule has 0 bridgehead atoms. The van der Waals surface area contributed by atoms with Crippen LogP contribution < -0.4 is 15.0 Å². The van der Waals surface area contributed by atoms with Crippen LogP contribution in [0.4, 0.5) is 5.82 Å². The number of hydrogen-bond acceptors (Lipinski definition) is 7. The van der Waals surface area contributed by atoms with E-state index in [2.05, 4.69) is 67.4 Å². The second kappa shape index (κ2) is 12.7. The zero-order valence-corrected chi connectivity index (χ0v) is 26.8. The molecule has 2 aromatic carbocycles. The van der Waals surface area contributed by atoms with Gasteiger partial charge in [-0.25, -0.2) is 4.98 Å². The Morgan fingerprint density at radius 2 is 1.91 bits per heavy atom. The van der Waals surface area contributed by atoms with Crippen LogP contribution in [-0.2, 0) is 32.7 Å². The minimum Gasteiger partial charge on any atom is -0.488 e. The highest BCUT2D eigenvalue weighted by Crippen LogP contribution is 2.35. The second-order valence-corrected chi connectivity index (χ2v) is 13.6. The molecule has 43 heavy (non-hydrogen) atoms. The molecular weight excluding hydrogens is 538 g/mol. The Balaban J connectivity index is 1.34. The molecule has 0 unspecified atom stereocenters. The van der Waals surface area contributed by atoms with Crippen LogP contribution in [0.2, 0.25) is 0 Å². The molecule has 1 saturated heterocycles. The first kappa shape index (κ1) is 31.0. The van der Waals surface area contributed by atoms with E-state index in [0.29, 0.717) is 26.1 Å². The van der Waals surface area contributed by atoms with Crippen LogP contribution in [0.25, 0.3) is 11.3 Å². The molecule has 2 atom stereocenters. The summed E-state index contributed by atoms with van der Waals surface area (Å²) in [6, 6.07) is 19.1. The molecule has 3 heterocycles. The van der Waals surface area contributed by atoms with Crippen molar-refractivity contribution in [2.75, 3.05) is 38.2 Å². The third-order valence-electron chi connectivity index (χ3n) is 8.54. The fourth-order valence-corrected chi connectivity index (χ4v) is 6.24. The van der Waals surface area contributed by atoms with Gasteiger partial charge in [-0.3, -0.25) is 4.79 Å². The lowest BCUT2D eigenvalue weighted by atomic mass is 9.81. The van der Waals surface area contributed by atoms with E-state index in [0.717, 1.165) is 47.9 Å². The van der Waals surface area contributed by atoms with Crippen LogP contribution >= 0.6 is 0 Å². The van der Waals surface area contributed by atoms with Crippen molar-refractivity contribution in [2.24, 2.45) is 5.92 Å². The Morgan fingerprint density at radius 1 is 1.12 bits per heavy atom. The number of nitrogens with one attached hydrogen (secondary N) is 1. The van der Waals surface area contributed by atoms with Crippen LogP contribution in [0.1, 0.15) is 63.3 Å². The van der Waals surface area contributed by atoms with Gasteiger partial charge in [-0.1, -0.05) is 50.2 Å². The van der Waals surface area contributed by atoms with Crippen LogP contribution in [0, 0.1) is 12.8 Å². The summed E-state index contributed by atoms with van der Waals surface area (Å²) in [4.78, 5) is 20.1. The summed E-state index contributed by atoms with van der Waals surface area (Å²) in [5, 5.41) is 3.57. The van der Waals surface area contributed by atoms with Crippen molar-refractivity contribution in [1.29, 1.82) is 0 Å². The van der Waals surface area contributed by atoms with E-state index in [9.17, 15) is 4.79 Å². The van der Waals surface area contributed by atoms with E-state index < -0.39 is 5.60 Å². The zero-order chi connectivity index (χ0) is 30.8. The molecule has 2 aliphatic heterocycles. The zero-order valence-electron chi connectivity index (χ0n) is 26.8. The van der Waals surface area contributed by atoms with Crippen molar-refractivity contribution < 1.29 is 19.0 Å². The number of ether oxygens (including phenoxy) is 3. The van der Waals surface area contributed by atoms with Crippen molar-refractivity contribution in [3.8, 4) is 17.0 Å². The molecule has 0 radical (unpaired) electrons. The Kier molecular flexibility index (Phi) is 9.14. The van der Waals surface area contributed by atoms with Crippen LogP contribution in [0.3, 0.4) is 0 Å². The van der Waals surface area contributed by atoms with Gasteiger partial charge in [0.05, 0.1) is 17.7 Å². The molecule has 1 N–H and O–H groups in total. The molecule has 3 aromatic rings. The lowest BCUT2D eigenvalue weighted by Gasteiger charge is -2.38. The minimum atomic E-state index is -0.524. The van der Waals surface area contributed by atoms with E-state index in [4.69, 9.17) is 19.2 Å². The third-order valence-corrected chi connectivity index (χ3v) is 8.54. The molecule has 5 rings (SSSR count). The van der Waals surface area contributed by atoms with E-state index in [-0.39, 0.29) is 23.4 Å². The smallest absolute Gasteiger partial charge is 0.312 e. The van der Waals surface area contributed by atoms with Gasteiger partial charge >= 0.3 is 5.97 Å². The van der Waals surface area contributed by atoms with Gasteiger partial charge in [-0.15, -0.1) is 0 Å². The number of carbonyl (C=O) groups is 1. The number of nitrogens with zero attached hydrogens (tertiary/aromatic N) is 2. The van der Waals surface area contributed by atoms with Gasteiger partial charge in [-0.2, -0.15) is 0 Å². The van der Waals surface area contributed by atoms with Crippen molar-refractivity contribution in [3.05, 3.63) is 76.9 Å². The number of para-hydroxylation sites is 1. The van der Waals surface area contributed by atoms with Gasteiger partial charge in [0.1, 0.15) is 23.8 Å². The number of aryl methyl sites for hydroxylation is 1. The fourth-order valence-electron chi connectivity index (χ4n) is 6.24. The first-order valence-corrected chi connectivity index (χ1v) is 15.5. The number of anilines is 1. The topological polar surface area (TPSA) is 72.9 Å². The maximum Gasteiger partial charge on any atom is 0.312 e. The summed E-state index contributed by atoms with van der Waals surface area (Å²) in [7, 11) is 1.66. The van der Waals surface area contributed by atoms with Crippen molar-refractivity contribution in [3.63, 3.8) is 0 Å². The van der Waals surface area contributed by atoms with Gasteiger partial charge < -0.3 is 24.4 Å². The number of hydrogen-bond donors (Lipinski definition) is 1. The molecule has 1 aromatic heterocycles. The van der Waals surface area contributed by atoms with Gasteiger partial charge in [-0.05, 0) is 87.5 Å². The number of benzene rings is 2. The molecule has 7 heteroatoms. The third kappa shape index (κ3) is 7.22. The summed E-state index contributed by atoms with van der Waals surface area (Å²) in [5.41, 5.74) is 6.43. The quantitative estimate of drug-likeness (QED) is 0.329.